The second kappa shape index (κ2) is 4.16. The Morgan fingerprint density at radius 2 is 2.08 bits per heavy atom. The molecule has 2 aliphatic rings. The first-order valence-electron chi connectivity index (χ1n) is 5.22. The van der Waals surface area contributed by atoms with Crippen molar-refractivity contribution in [3.05, 3.63) is 0 Å². The van der Waals surface area contributed by atoms with E-state index < -0.39 is 0 Å². The maximum Gasteiger partial charge on any atom is 0.0724 e. The molecule has 2 fully saturated rings. The molecular weight excluding hydrogens is 186 g/mol. The third kappa shape index (κ3) is 2.17. The van der Waals surface area contributed by atoms with E-state index in [4.69, 9.17) is 16.3 Å². The summed E-state index contributed by atoms with van der Waals surface area (Å²) in [6.45, 7) is 0. The molecule has 0 aromatic heterocycles. The standard InChI is InChI=1S/C10H18ClNO/c1-13-10-4-2-3-9(10)12-8-5-7(11)6-8/h7-10,12H,2-6H2,1H3. The van der Waals surface area contributed by atoms with Gasteiger partial charge >= 0.3 is 0 Å². The topological polar surface area (TPSA) is 21.3 Å². The summed E-state index contributed by atoms with van der Waals surface area (Å²) in [5, 5.41) is 4.05. The van der Waals surface area contributed by atoms with Gasteiger partial charge in [0, 0.05) is 24.6 Å². The van der Waals surface area contributed by atoms with Crippen LogP contribution in [0.15, 0.2) is 0 Å². The Labute approximate surface area is 85.0 Å². The Morgan fingerprint density at radius 1 is 1.31 bits per heavy atom. The highest BCUT2D eigenvalue weighted by molar-refractivity contribution is 6.21. The second-order valence-corrected chi connectivity index (χ2v) is 4.86. The smallest absolute Gasteiger partial charge is 0.0724 e. The highest BCUT2D eigenvalue weighted by atomic mass is 35.5. The second-order valence-electron chi connectivity index (χ2n) is 4.24. The first kappa shape index (κ1) is 9.75. The van der Waals surface area contributed by atoms with Gasteiger partial charge in [-0.05, 0) is 32.1 Å². The van der Waals surface area contributed by atoms with Crippen molar-refractivity contribution in [3.63, 3.8) is 0 Å². The van der Waals surface area contributed by atoms with E-state index in [-0.39, 0.29) is 0 Å². The molecule has 2 saturated carbocycles. The van der Waals surface area contributed by atoms with Crippen LogP contribution in [0.5, 0.6) is 0 Å². The summed E-state index contributed by atoms with van der Waals surface area (Å²) < 4.78 is 5.42. The zero-order chi connectivity index (χ0) is 9.26. The molecule has 0 aromatic carbocycles. The minimum atomic E-state index is 0.417. The molecule has 2 rings (SSSR count). The maximum atomic E-state index is 5.93. The fraction of sp³-hybridized carbons (Fsp3) is 1.00. The van der Waals surface area contributed by atoms with Crippen LogP contribution in [0.1, 0.15) is 32.1 Å². The number of nitrogens with one attached hydrogen (secondary N) is 1. The first-order chi connectivity index (χ1) is 6.29. The summed E-state index contributed by atoms with van der Waals surface area (Å²) in [7, 11) is 1.82. The molecule has 13 heavy (non-hydrogen) atoms. The van der Waals surface area contributed by atoms with E-state index in [1.807, 2.05) is 7.11 Å². The largest absolute Gasteiger partial charge is 0.380 e. The monoisotopic (exact) mass is 203 g/mol. The summed E-state index contributed by atoms with van der Waals surface area (Å²) in [6, 6.07) is 1.24. The van der Waals surface area contributed by atoms with Gasteiger partial charge in [0.15, 0.2) is 0 Å². The number of rotatable bonds is 3. The molecule has 0 saturated heterocycles. The lowest BCUT2D eigenvalue weighted by molar-refractivity contribution is 0.0768. The fourth-order valence-corrected chi connectivity index (χ4v) is 2.82. The minimum absolute atomic E-state index is 0.417. The van der Waals surface area contributed by atoms with Crippen LogP contribution < -0.4 is 5.32 Å². The lowest BCUT2D eigenvalue weighted by Crippen LogP contribution is -2.49. The Hall–Kier alpha value is 0.210. The van der Waals surface area contributed by atoms with Crippen molar-refractivity contribution in [1.82, 2.24) is 5.32 Å². The number of ether oxygens (including phenoxy) is 1. The van der Waals surface area contributed by atoms with Gasteiger partial charge in [0.25, 0.3) is 0 Å². The molecule has 2 nitrogen and oxygen atoms in total. The van der Waals surface area contributed by atoms with Crippen molar-refractivity contribution in [2.45, 2.75) is 55.7 Å². The van der Waals surface area contributed by atoms with Crippen LogP contribution in [-0.2, 0) is 4.74 Å². The van der Waals surface area contributed by atoms with Gasteiger partial charge in [0.1, 0.15) is 0 Å². The van der Waals surface area contributed by atoms with E-state index in [2.05, 4.69) is 5.32 Å². The quantitative estimate of drug-likeness (QED) is 0.708. The lowest BCUT2D eigenvalue weighted by Gasteiger charge is -2.35. The zero-order valence-electron chi connectivity index (χ0n) is 8.13. The predicted octanol–water partition coefficient (Wildman–Crippen LogP) is 1.91. The average Bonchev–Trinajstić information content (AvgIpc) is 2.49. The van der Waals surface area contributed by atoms with Crippen LogP contribution in [0.2, 0.25) is 0 Å². The van der Waals surface area contributed by atoms with Gasteiger partial charge in [-0.25, -0.2) is 0 Å². The Balaban J connectivity index is 1.74. The predicted molar refractivity (Wildman–Crippen MR) is 54.2 cm³/mol. The Morgan fingerprint density at radius 3 is 2.69 bits per heavy atom. The maximum absolute atomic E-state index is 5.93. The van der Waals surface area contributed by atoms with Crippen molar-refractivity contribution in [3.8, 4) is 0 Å². The zero-order valence-corrected chi connectivity index (χ0v) is 8.89. The normalized spacial score (nSPS) is 44.8. The van der Waals surface area contributed by atoms with Crippen LogP contribution in [0, 0.1) is 0 Å². The van der Waals surface area contributed by atoms with Crippen LogP contribution in [0.3, 0.4) is 0 Å². The number of hydrogen-bond acceptors (Lipinski definition) is 2. The third-order valence-corrected chi connectivity index (χ3v) is 3.64. The van der Waals surface area contributed by atoms with Crippen molar-refractivity contribution in [1.29, 1.82) is 0 Å². The molecule has 0 radical (unpaired) electrons. The van der Waals surface area contributed by atoms with E-state index in [0.717, 1.165) is 12.8 Å². The van der Waals surface area contributed by atoms with E-state index in [1.165, 1.54) is 19.3 Å². The van der Waals surface area contributed by atoms with Crippen LogP contribution in [0.25, 0.3) is 0 Å². The Kier molecular flexibility index (Phi) is 3.12. The van der Waals surface area contributed by atoms with Gasteiger partial charge in [-0.1, -0.05) is 0 Å². The number of alkyl halides is 1. The summed E-state index contributed by atoms with van der Waals surface area (Å²) in [4.78, 5) is 0. The summed E-state index contributed by atoms with van der Waals surface area (Å²) in [5.74, 6) is 0. The van der Waals surface area contributed by atoms with Crippen LogP contribution in [0.4, 0.5) is 0 Å². The molecule has 1 N–H and O–H groups in total. The van der Waals surface area contributed by atoms with Crippen LogP contribution in [-0.4, -0.2) is 30.7 Å². The van der Waals surface area contributed by atoms with E-state index >= 15 is 0 Å². The van der Waals surface area contributed by atoms with Gasteiger partial charge in [0.05, 0.1) is 6.10 Å². The summed E-state index contributed by atoms with van der Waals surface area (Å²) in [5.41, 5.74) is 0. The van der Waals surface area contributed by atoms with Crippen molar-refractivity contribution < 1.29 is 4.74 Å². The van der Waals surface area contributed by atoms with Crippen LogP contribution >= 0.6 is 11.6 Å². The molecule has 3 heteroatoms. The van der Waals surface area contributed by atoms with Crippen molar-refractivity contribution in [2.24, 2.45) is 0 Å². The molecule has 2 unspecified atom stereocenters. The van der Waals surface area contributed by atoms with Gasteiger partial charge < -0.3 is 10.1 Å². The molecule has 0 spiro atoms. The molecule has 2 atom stereocenters. The first-order valence-corrected chi connectivity index (χ1v) is 5.66. The minimum Gasteiger partial charge on any atom is -0.380 e. The third-order valence-electron chi connectivity index (χ3n) is 3.29. The molecule has 76 valence electrons. The van der Waals surface area contributed by atoms with Crippen molar-refractivity contribution >= 4 is 11.6 Å². The van der Waals surface area contributed by atoms with Gasteiger partial charge in [-0.3, -0.25) is 0 Å². The molecule has 0 aromatic rings. The van der Waals surface area contributed by atoms with Gasteiger partial charge in [-0.2, -0.15) is 0 Å². The molecule has 2 aliphatic carbocycles. The van der Waals surface area contributed by atoms with E-state index in [9.17, 15) is 0 Å². The van der Waals surface area contributed by atoms with Crippen molar-refractivity contribution in [2.75, 3.05) is 7.11 Å². The fourth-order valence-electron chi connectivity index (χ4n) is 2.39. The summed E-state index contributed by atoms with van der Waals surface area (Å²) >= 11 is 5.93. The number of hydrogen-bond donors (Lipinski definition) is 1. The lowest BCUT2D eigenvalue weighted by atomic mass is 9.91. The molecule has 0 amide bonds. The van der Waals surface area contributed by atoms with E-state index in [1.54, 1.807) is 0 Å². The molecule has 0 aliphatic heterocycles. The van der Waals surface area contributed by atoms with Gasteiger partial charge in [0.2, 0.25) is 0 Å². The molecule has 0 bridgehead atoms. The number of methoxy groups -OCH3 is 1. The highest BCUT2D eigenvalue weighted by Crippen LogP contribution is 2.29. The van der Waals surface area contributed by atoms with Gasteiger partial charge in [-0.15, -0.1) is 11.6 Å². The van der Waals surface area contributed by atoms with E-state index in [0.29, 0.717) is 23.6 Å². The summed E-state index contributed by atoms with van der Waals surface area (Å²) in [6.07, 6.45) is 6.48. The number of halogens is 1. The average molecular weight is 204 g/mol. The SMILES string of the molecule is COC1CCCC1NC1CC(Cl)C1. The highest BCUT2D eigenvalue weighted by Gasteiger charge is 2.33. The molecular formula is C10H18ClNO. The Bertz CT molecular complexity index is 170. The molecule has 0 heterocycles.